The first kappa shape index (κ1) is 16.9. The molecule has 2 rings (SSSR count). The van der Waals surface area contributed by atoms with Gasteiger partial charge < -0.3 is 10.1 Å². The number of hydrogen-bond acceptors (Lipinski definition) is 5. The number of sulfonamides is 1. The first-order valence-electron chi connectivity index (χ1n) is 7.40. The Morgan fingerprint density at radius 2 is 2.10 bits per heavy atom. The van der Waals surface area contributed by atoms with Crippen molar-refractivity contribution >= 4 is 21.4 Å². The minimum absolute atomic E-state index is 0.189. The van der Waals surface area contributed by atoms with Crippen molar-refractivity contribution in [2.45, 2.75) is 43.0 Å². The van der Waals surface area contributed by atoms with Crippen LogP contribution in [-0.2, 0) is 21.3 Å². The first-order chi connectivity index (χ1) is 10.1. The molecular formula is C14H24N2O3S2. The summed E-state index contributed by atoms with van der Waals surface area (Å²) in [6.45, 7) is 4.88. The van der Waals surface area contributed by atoms with E-state index < -0.39 is 10.0 Å². The van der Waals surface area contributed by atoms with Gasteiger partial charge in [-0.3, -0.25) is 0 Å². The van der Waals surface area contributed by atoms with Crippen molar-refractivity contribution in [2.24, 2.45) is 0 Å². The fourth-order valence-electron chi connectivity index (χ4n) is 2.42. The van der Waals surface area contributed by atoms with Crippen LogP contribution in [0.4, 0.5) is 0 Å². The molecule has 120 valence electrons. The molecule has 2 heterocycles. The Labute approximate surface area is 131 Å². The molecule has 21 heavy (non-hydrogen) atoms. The quantitative estimate of drug-likeness (QED) is 0.777. The van der Waals surface area contributed by atoms with Crippen LogP contribution in [-0.4, -0.2) is 45.6 Å². The molecule has 0 spiro atoms. The summed E-state index contributed by atoms with van der Waals surface area (Å²) in [5.41, 5.74) is 0. The van der Waals surface area contributed by atoms with Gasteiger partial charge in [-0.2, -0.15) is 4.31 Å². The normalized spacial score (nSPS) is 18.2. The second kappa shape index (κ2) is 7.69. The highest BCUT2D eigenvalue weighted by Gasteiger charge is 2.30. The van der Waals surface area contributed by atoms with Crippen molar-refractivity contribution in [1.29, 1.82) is 0 Å². The van der Waals surface area contributed by atoms with Crippen molar-refractivity contribution < 1.29 is 13.2 Å². The summed E-state index contributed by atoms with van der Waals surface area (Å²) in [7, 11) is -1.65. The Morgan fingerprint density at radius 1 is 1.38 bits per heavy atom. The highest BCUT2D eigenvalue weighted by molar-refractivity contribution is 7.91. The van der Waals surface area contributed by atoms with Crippen LogP contribution in [0.3, 0.4) is 0 Å². The Hall–Kier alpha value is -0.470. The summed E-state index contributed by atoms with van der Waals surface area (Å²) in [5.74, 6) is 0. The lowest BCUT2D eigenvalue weighted by Crippen LogP contribution is -2.40. The third-order valence-electron chi connectivity index (χ3n) is 3.69. The van der Waals surface area contributed by atoms with Gasteiger partial charge in [-0.15, -0.1) is 11.3 Å². The van der Waals surface area contributed by atoms with Crippen LogP contribution in [0.15, 0.2) is 16.3 Å². The summed E-state index contributed by atoms with van der Waals surface area (Å²) in [6, 6.07) is 3.63. The van der Waals surface area contributed by atoms with Gasteiger partial charge in [0, 0.05) is 31.6 Å². The molecule has 0 amide bonds. The Kier molecular flexibility index (Phi) is 6.19. The van der Waals surface area contributed by atoms with Gasteiger partial charge in [0.15, 0.2) is 0 Å². The monoisotopic (exact) mass is 332 g/mol. The maximum Gasteiger partial charge on any atom is 0.252 e. The van der Waals surface area contributed by atoms with E-state index >= 15 is 0 Å². The van der Waals surface area contributed by atoms with Gasteiger partial charge in [-0.25, -0.2) is 8.42 Å². The smallest absolute Gasteiger partial charge is 0.252 e. The summed E-state index contributed by atoms with van der Waals surface area (Å²) in [6.07, 6.45) is 2.80. The van der Waals surface area contributed by atoms with E-state index in [2.05, 4.69) is 12.2 Å². The average Bonchev–Trinajstić information content (AvgIpc) is 2.97. The summed E-state index contributed by atoms with van der Waals surface area (Å²) >= 11 is 1.37. The highest BCUT2D eigenvalue weighted by atomic mass is 32.2. The lowest BCUT2D eigenvalue weighted by atomic mass is 10.1. The van der Waals surface area contributed by atoms with Gasteiger partial charge in [0.25, 0.3) is 10.0 Å². The minimum Gasteiger partial charge on any atom is -0.381 e. The van der Waals surface area contributed by atoms with E-state index in [1.165, 1.54) is 11.3 Å². The molecule has 1 aromatic heterocycles. The second-order valence-corrected chi connectivity index (χ2v) is 8.57. The number of methoxy groups -OCH3 is 1. The molecule has 1 fully saturated rings. The molecule has 1 aromatic rings. The molecule has 1 aliphatic rings. The number of nitrogens with zero attached hydrogens (tertiary/aromatic N) is 1. The lowest BCUT2D eigenvalue weighted by Gasteiger charge is -2.29. The molecule has 0 radical (unpaired) electrons. The van der Waals surface area contributed by atoms with Crippen LogP contribution in [0.5, 0.6) is 0 Å². The third kappa shape index (κ3) is 4.26. The Morgan fingerprint density at radius 3 is 2.71 bits per heavy atom. The second-order valence-electron chi connectivity index (χ2n) is 5.24. The Balaban J connectivity index is 1.99. The molecular weight excluding hydrogens is 308 g/mol. The number of ether oxygens (including phenoxy) is 1. The third-order valence-corrected chi connectivity index (χ3v) is 7.14. The van der Waals surface area contributed by atoms with Gasteiger partial charge in [0.1, 0.15) is 4.21 Å². The van der Waals surface area contributed by atoms with Crippen LogP contribution < -0.4 is 5.32 Å². The minimum atomic E-state index is -3.33. The molecule has 1 saturated heterocycles. The number of piperidine rings is 1. The SMILES string of the molecule is CCCNCc1ccc(S(=O)(=O)N2CCC(OC)CC2)s1. The van der Waals surface area contributed by atoms with E-state index in [1.54, 1.807) is 17.5 Å². The molecule has 0 unspecified atom stereocenters. The largest absolute Gasteiger partial charge is 0.381 e. The van der Waals surface area contributed by atoms with Crippen LogP contribution in [0.2, 0.25) is 0 Å². The summed E-state index contributed by atoms with van der Waals surface area (Å²) < 4.78 is 32.5. The van der Waals surface area contributed by atoms with Crippen LogP contribution in [0.25, 0.3) is 0 Å². The lowest BCUT2D eigenvalue weighted by molar-refractivity contribution is 0.0605. The van der Waals surface area contributed by atoms with E-state index in [1.807, 2.05) is 6.07 Å². The molecule has 1 N–H and O–H groups in total. The highest BCUT2D eigenvalue weighted by Crippen LogP contribution is 2.27. The molecule has 7 heteroatoms. The average molecular weight is 332 g/mol. The molecule has 1 aliphatic heterocycles. The number of nitrogens with one attached hydrogen (secondary N) is 1. The van der Waals surface area contributed by atoms with Crippen molar-refractivity contribution in [3.05, 3.63) is 17.0 Å². The van der Waals surface area contributed by atoms with Crippen molar-refractivity contribution in [1.82, 2.24) is 9.62 Å². The van der Waals surface area contributed by atoms with Crippen LogP contribution >= 0.6 is 11.3 Å². The zero-order chi connectivity index (χ0) is 15.3. The number of rotatable bonds is 7. The molecule has 0 aromatic carbocycles. The van der Waals surface area contributed by atoms with Gasteiger partial charge in [0.2, 0.25) is 0 Å². The maximum atomic E-state index is 12.6. The molecule has 0 aliphatic carbocycles. The van der Waals surface area contributed by atoms with Gasteiger partial charge in [-0.05, 0) is 37.9 Å². The van der Waals surface area contributed by atoms with Gasteiger partial charge in [-0.1, -0.05) is 6.92 Å². The molecule has 0 bridgehead atoms. The van der Waals surface area contributed by atoms with Gasteiger partial charge in [0.05, 0.1) is 6.10 Å². The van der Waals surface area contributed by atoms with E-state index in [9.17, 15) is 8.42 Å². The fraction of sp³-hybridized carbons (Fsp3) is 0.714. The standard InChI is InChI=1S/C14H24N2O3S2/c1-3-8-15-11-13-4-5-14(20-13)21(17,18)16-9-6-12(19-2)7-10-16/h4-5,12,15H,3,6-11H2,1-2H3. The molecule has 5 nitrogen and oxygen atoms in total. The summed E-state index contributed by atoms with van der Waals surface area (Å²) in [4.78, 5) is 1.06. The topological polar surface area (TPSA) is 58.6 Å². The predicted octanol–water partition coefficient (Wildman–Crippen LogP) is 2.05. The predicted molar refractivity (Wildman–Crippen MR) is 85.1 cm³/mol. The molecule has 0 saturated carbocycles. The first-order valence-corrected chi connectivity index (χ1v) is 9.66. The van der Waals surface area contributed by atoms with Crippen molar-refractivity contribution in [2.75, 3.05) is 26.7 Å². The zero-order valence-electron chi connectivity index (χ0n) is 12.7. The Bertz CT molecular complexity index is 534. The fourth-order valence-corrected chi connectivity index (χ4v) is 5.37. The van der Waals surface area contributed by atoms with E-state index in [4.69, 9.17) is 4.74 Å². The van der Waals surface area contributed by atoms with Crippen molar-refractivity contribution in [3.8, 4) is 0 Å². The van der Waals surface area contributed by atoms with E-state index in [0.717, 1.165) is 37.2 Å². The molecule has 0 atom stereocenters. The van der Waals surface area contributed by atoms with E-state index in [0.29, 0.717) is 17.3 Å². The maximum absolute atomic E-state index is 12.6. The van der Waals surface area contributed by atoms with Crippen LogP contribution in [0.1, 0.15) is 31.1 Å². The number of hydrogen-bond donors (Lipinski definition) is 1. The zero-order valence-corrected chi connectivity index (χ0v) is 14.3. The summed E-state index contributed by atoms with van der Waals surface area (Å²) in [5, 5.41) is 3.29. The van der Waals surface area contributed by atoms with E-state index in [-0.39, 0.29) is 6.10 Å². The van der Waals surface area contributed by atoms with Crippen LogP contribution in [0, 0.1) is 0 Å². The van der Waals surface area contributed by atoms with Gasteiger partial charge >= 0.3 is 0 Å². The number of thiophene rings is 1. The van der Waals surface area contributed by atoms with Crippen molar-refractivity contribution in [3.63, 3.8) is 0 Å².